The molecular formula is C19H24FN3O3S. The van der Waals surface area contributed by atoms with Gasteiger partial charge in [0.05, 0.1) is 4.90 Å². The van der Waals surface area contributed by atoms with Crippen molar-refractivity contribution in [2.45, 2.75) is 25.2 Å². The second kappa shape index (κ2) is 9.48. The van der Waals surface area contributed by atoms with E-state index in [-0.39, 0.29) is 10.8 Å². The zero-order valence-corrected chi connectivity index (χ0v) is 16.2. The molecule has 2 rings (SSSR count). The first-order valence-corrected chi connectivity index (χ1v) is 10.2. The lowest BCUT2D eigenvalue weighted by molar-refractivity contribution is 0.0954. The Morgan fingerprint density at radius 2 is 1.74 bits per heavy atom. The second-order valence-electron chi connectivity index (χ2n) is 6.10. The zero-order valence-electron chi connectivity index (χ0n) is 15.4. The van der Waals surface area contributed by atoms with Gasteiger partial charge >= 0.3 is 0 Å². The Labute approximate surface area is 159 Å². The summed E-state index contributed by atoms with van der Waals surface area (Å²) in [6.07, 6.45) is 1.03. The zero-order chi connectivity index (χ0) is 19.9. The van der Waals surface area contributed by atoms with E-state index >= 15 is 0 Å². The van der Waals surface area contributed by atoms with Gasteiger partial charge in [-0.2, -0.15) is 0 Å². The molecule has 2 aromatic carbocycles. The Hall–Kier alpha value is -2.45. The molecule has 0 radical (unpaired) electrons. The minimum Gasteiger partial charge on any atom is -0.351 e. The van der Waals surface area contributed by atoms with Crippen LogP contribution in [0.3, 0.4) is 0 Å². The van der Waals surface area contributed by atoms with E-state index in [0.717, 1.165) is 25.1 Å². The topological polar surface area (TPSA) is 87.3 Å². The lowest BCUT2D eigenvalue weighted by Crippen LogP contribution is -2.32. The summed E-state index contributed by atoms with van der Waals surface area (Å²) in [6, 6.07) is 9.61. The highest BCUT2D eigenvalue weighted by molar-refractivity contribution is 7.92. The Morgan fingerprint density at radius 1 is 1.04 bits per heavy atom. The normalized spacial score (nSPS) is 11.2. The smallest absolute Gasteiger partial charge is 0.262 e. The molecule has 0 saturated heterocycles. The summed E-state index contributed by atoms with van der Waals surface area (Å²) < 4.78 is 40.5. The maximum absolute atomic E-state index is 13.2. The van der Waals surface area contributed by atoms with Gasteiger partial charge in [0.25, 0.3) is 15.9 Å². The summed E-state index contributed by atoms with van der Waals surface area (Å²) in [6.45, 7) is 5.70. The molecule has 0 heterocycles. The number of aryl methyl sites for hydroxylation is 1. The van der Waals surface area contributed by atoms with Gasteiger partial charge in [-0.3, -0.25) is 9.52 Å². The van der Waals surface area contributed by atoms with E-state index in [4.69, 9.17) is 0 Å². The van der Waals surface area contributed by atoms with E-state index in [9.17, 15) is 17.6 Å². The molecule has 8 heteroatoms. The van der Waals surface area contributed by atoms with Crippen LogP contribution in [-0.4, -0.2) is 34.0 Å². The highest BCUT2D eigenvalue weighted by Gasteiger charge is 2.17. The van der Waals surface area contributed by atoms with Gasteiger partial charge in [0.1, 0.15) is 5.82 Å². The molecule has 0 spiro atoms. The lowest BCUT2D eigenvalue weighted by Gasteiger charge is -2.11. The van der Waals surface area contributed by atoms with Crippen molar-refractivity contribution >= 4 is 21.6 Å². The largest absolute Gasteiger partial charge is 0.351 e. The van der Waals surface area contributed by atoms with Crippen molar-refractivity contribution in [2.24, 2.45) is 0 Å². The average molecular weight is 393 g/mol. The van der Waals surface area contributed by atoms with E-state index in [1.54, 1.807) is 12.1 Å². The number of nitrogens with one attached hydrogen (secondary N) is 3. The average Bonchev–Trinajstić information content (AvgIpc) is 2.61. The Morgan fingerprint density at radius 3 is 2.37 bits per heavy atom. The molecule has 0 aliphatic heterocycles. The molecule has 0 fully saturated rings. The van der Waals surface area contributed by atoms with Crippen molar-refractivity contribution in [3.8, 4) is 0 Å². The third-order valence-corrected chi connectivity index (χ3v) is 5.38. The van der Waals surface area contributed by atoms with Crippen LogP contribution >= 0.6 is 0 Å². The van der Waals surface area contributed by atoms with E-state index in [0.29, 0.717) is 29.9 Å². The van der Waals surface area contributed by atoms with Crippen molar-refractivity contribution in [3.63, 3.8) is 0 Å². The third kappa shape index (κ3) is 6.04. The van der Waals surface area contributed by atoms with Crippen molar-refractivity contribution in [3.05, 3.63) is 59.4 Å². The monoisotopic (exact) mass is 393 g/mol. The van der Waals surface area contributed by atoms with Gasteiger partial charge in [0.15, 0.2) is 0 Å². The van der Waals surface area contributed by atoms with E-state index in [1.807, 2.05) is 0 Å². The predicted octanol–water partition coefficient (Wildman–Crippen LogP) is 2.66. The fraction of sp³-hybridized carbons (Fsp3) is 0.316. The number of rotatable bonds is 9. The number of hydrogen-bond donors (Lipinski definition) is 3. The van der Waals surface area contributed by atoms with Crippen LogP contribution in [0.25, 0.3) is 0 Å². The van der Waals surface area contributed by atoms with Crippen LogP contribution in [0.5, 0.6) is 0 Å². The number of amides is 1. The van der Waals surface area contributed by atoms with Crippen LogP contribution in [0, 0.1) is 12.7 Å². The molecule has 3 N–H and O–H groups in total. The maximum Gasteiger partial charge on any atom is 0.262 e. The molecular weight excluding hydrogens is 369 g/mol. The summed E-state index contributed by atoms with van der Waals surface area (Å²) in [5.74, 6) is -0.719. The number of carbonyl (C=O) groups is 1. The van der Waals surface area contributed by atoms with E-state index < -0.39 is 15.8 Å². The first kappa shape index (κ1) is 20.9. The highest BCUT2D eigenvalue weighted by atomic mass is 32.2. The van der Waals surface area contributed by atoms with Gasteiger partial charge in [-0.25, -0.2) is 12.8 Å². The molecule has 27 heavy (non-hydrogen) atoms. The standard InChI is InChI=1S/C19H24FN3O3S/c1-3-10-21-11-12-22-19(24)15-4-7-17(8-5-15)23-27(25,26)18-9-6-16(20)13-14(18)2/h4-9,13,21,23H,3,10-12H2,1-2H3,(H,22,24). The van der Waals surface area contributed by atoms with Crippen LogP contribution in [-0.2, 0) is 10.0 Å². The minimum atomic E-state index is -3.84. The number of benzene rings is 2. The number of carbonyl (C=O) groups excluding carboxylic acids is 1. The summed E-state index contributed by atoms with van der Waals surface area (Å²) in [5, 5.41) is 5.97. The van der Waals surface area contributed by atoms with Gasteiger partial charge in [0.2, 0.25) is 0 Å². The van der Waals surface area contributed by atoms with Crippen LogP contribution < -0.4 is 15.4 Å². The highest BCUT2D eigenvalue weighted by Crippen LogP contribution is 2.20. The molecule has 0 aromatic heterocycles. The molecule has 0 aliphatic rings. The SMILES string of the molecule is CCCNCCNC(=O)c1ccc(NS(=O)(=O)c2ccc(F)cc2C)cc1. The maximum atomic E-state index is 13.2. The van der Waals surface area contributed by atoms with Crippen molar-refractivity contribution in [1.29, 1.82) is 0 Å². The second-order valence-corrected chi connectivity index (χ2v) is 7.75. The van der Waals surface area contributed by atoms with Gasteiger partial charge < -0.3 is 10.6 Å². The molecule has 0 aliphatic carbocycles. The Kier molecular flexibility index (Phi) is 7.32. The molecule has 146 valence electrons. The number of halogens is 1. The van der Waals surface area contributed by atoms with Gasteiger partial charge in [-0.1, -0.05) is 6.92 Å². The van der Waals surface area contributed by atoms with Crippen molar-refractivity contribution in [2.75, 3.05) is 24.4 Å². The Balaban J connectivity index is 1.99. The van der Waals surface area contributed by atoms with E-state index in [1.165, 1.54) is 25.1 Å². The van der Waals surface area contributed by atoms with Crippen molar-refractivity contribution in [1.82, 2.24) is 10.6 Å². The fourth-order valence-corrected chi connectivity index (χ4v) is 3.77. The van der Waals surface area contributed by atoms with Crippen LogP contribution in [0.2, 0.25) is 0 Å². The van der Waals surface area contributed by atoms with Crippen LogP contribution in [0.15, 0.2) is 47.4 Å². The Bertz CT molecular complexity index is 884. The van der Waals surface area contributed by atoms with Gasteiger partial charge in [0, 0.05) is 24.3 Å². The lowest BCUT2D eigenvalue weighted by atomic mass is 10.2. The van der Waals surface area contributed by atoms with Gasteiger partial charge in [-0.05, 0) is 67.9 Å². The molecule has 0 bridgehead atoms. The third-order valence-electron chi connectivity index (χ3n) is 3.84. The first-order valence-electron chi connectivity index (χ1n) is 8.71. The van der Waals surface area contributed by atoms with Crippen LogP contribution in [0.4, 0.5) is 10.1 Å². The number of hydrogen-bond acceptors (Lipinski definition) is 4. The summed E-state index contributed by atoms with van der Waals surface area (Å²) in [5.41, 5.74) is 1.07. The fourth-order valence-electron chi connectivity index (χ4n) is 2.48. The molecule has 1 amide bonds. The molecule has 0 unspecified atom stereocenters. The molecule has 0 saturated carbocycles. The minimum absolute atomic E-state index is 0.00491. The summed E-state index contributed by atoms with van der Waals surface area (Å²) >= 11 is 0. The summed E-state index contributed by atoms with van der Waals surface area (Å²) in [7, 11) is -3.84. The molecule has 6 nitrogen and oxygen atoms in total. The predicted molar refractivity (Wildman–Crippen MR) is 104 cm³/mol. The number of anilines is 1. The van der Waals surface area contributed by atoms with Crippen molar-refractivity contribution < 1.29 is 17.6 Å². The summed E-state index contributed by atoms with van der Waals surface area (Å²) in [4.78, 5) is 12.1. The first-order chi connectivity index (χ1) is 12.8. The van der Waals surface area contributed by atoms with Crippen LogP contribution in [0.1, 0.15) is 29.3 Å². The molecule has 2 aromatic rings. The molecule has 0 atom stereocenters. The van der Waals surface area contributed by atoms with Gasteiger partial charge in [-0.15, -0.1) is 0 Å². The quantitative estimate of drug-likeness (QED) is 0.572. The van der Waals surface area contributed by atoms with E-state index in [2.05, 4.69) is 22.3 Å². The number of sulfonamides is 1.